The van der Waals surface area contributed by atoms with Gasteiger partial charge in [0.25, 0.3) is 0 Å². The van der Waals surface area contributed by atoms with Gasteiger partial charge >= 0.3 is 0 Å². The summed E-state index contributed by atoms with van der Waals surface area (Å²) in [7, 11) is 1.99. The Bertz CT molecular complexity index is 527. The molecular weight excluding hydrogens is 212 g/mol. The van der Waals surface area contributed by atoms with Crippen LogP contribution in [-0.4, -0.2) is 23.6 Å². The molecule has 2 aromatic rings. The van der Waals surface area contributed by atoms with E-state index in [0.29, 0.717) is 0 Å². The van der Waals surface area contributed by atoms with Crippen LogP contribution in [0.4, 0.5) is 0 Å². The number of benzene rings is 1. The number of rotatable bonds is 4. The summed E-state index contributed by atoms with van der Waals surface area (Å²) >= 11 is 0. The summed E-state index contributed by atoms with van der Waals surface area (Å²) in [4.78, 5) is 7.36. The van der Waals surface area contributed by atoms with Crippen LogP contribution >= 0.6 is 0 Å². The SMILES string of the molecule is CNCC1(C(N)c2ccc3nc[nH]c3c2)CC1. The summed E-state index contributed by atoms with van der Waals surface area (Å²) in [5.41, 5.74) is 9.94. The number of H-pyrrole nitrogens is 1. The van der Waals surface area contributed by atoms with Gasteiger partial charge < -0.3 is 16.0 Å². The van der Waals surface area contributed by atoms with Crippen molar-refractivity contribution in [3.63, 3.8) is 0 Å². The largest absolute Gasteiger partial charge is 0.345 e. The number of aromatic amines is 1. The van der Waals surface area contributed by atoms with Gasteiger partial charge in [-0.3, -0.25) is 0 Å². The lowest BCUT2D eigenvalue weighted by Crippen LogP contribution is -2.31. The molecule has 0 radical (unpaired) electrons. The van der Waals surface area contributed by atoms with Crippen molar-refractivity contribution in [2.75, 3.05) is 13.6 Å². The van der Waals surface area contributed by atoms with Gasteiger partial charge in [0.1, 0.15) is 0 Å². The first kappa shape index (κ1) is 10.7. The molecule has 1 aromatic heterocycles. The molecule has 4 heteroatoms. The third-order valence-electron chi connectivity index (χ3n) is 3.88. The molecule has 1 atom stereocenters. The minimum atomic E-state index is 0.114. The Balaban J connectivity index is 1.92. The van der Waals surface area contributed by atoms with Gasteiger partial charge in [0, 0.05) is 18.0 Å². The van der Waals surface area contributed by atoms with E-state index in [1.165, 1.54) is 18.4 Å². The van der Waals surface area contributed by atoms with Crippen LogP contribution in [0.15, 0.2) is 24.5 Å². The predicted octanol–water partition coefficient (Wildman–Crippen LogP) is 1.56. The topological polar surface area (TPSA) is 66.7 Å². The second-order valence-corrected chi connectivity index (χ2v) is 5.05. The highest BCUT2D eigenvalue weighted by atomic mass is 14.9. The van der Waals surface area contributed by atoms with Crippen molar-refractivity contribution in [1.82, 2.24) is 15.3 Å². The zero-order chi connectivity index (χ0) is 11.9. The summed E-state index contributed by atoms with van der Waals surface area (Å²) in [6, 6.07) is 6.38. The van der Waals surface area contributed by atoms with Crippen molar-refractivity contribution in [2.45, 2.75) is 18.9 Å². The van der Waals surface area contributed by atoms with Gasteiger partial charge in [-0.2, -0.15) is 0 Å². The second-order valence-electron chi connectivity index (χ2n) is 5.05. The van der Waals surface area contributed by atoms with E-state index in [1.807, 2.05) is 13.1 Å². The Morgan fingerprint density at radius 2 is 2.35 bits per heavy atom. The third-order valence-corrected chi connectivity index (χ3v) is 3.88. The molecule has 0 amide bonds. The van der Waals surface area contributed by atoms with Gasteiger partial charge in [0.2, 0.25) is 0 Å². The summed E-state index contributed by atoms with van der Waals surface area (Å²) in [6.45, 7) is 0.995. The lowest BCUT2D eigenvalue weighted by atomic mass is 9.90. The molecule has 4 N–H and O–H groups in total. The number of hydrogen-bond acceptors (Lipinski definition) is 3. The maximum Gasteiger partial charge on any atom is 0.0931 e. The molecule has 4 nitrogen and oxygen atoms in total. The molecule has 17 heavy (non-hydrogen) atoms. The Hall–Kier alpha value is -1.39. The first-order valence-electron chi connectivity index (χ1n) is 6.08. The lowest BCUT2D eigenvalue weighted by molar-refractivity contribution is 0.392. The monoisotopic (exact) mass is 230 g/mol. The molecule has 1 heterocycles. The van der Waals surface area contributed by atoms with Crippen LogP contribution in [0, 0.1) is 5.41 Å². The quantitative estimate of drug-likeness (QED) is 0.746. The number of nitrogens with two attached hydrogens (primary N) is 1. The number of hydrogen-bond donors (Lipinski definition) is 3. The van der Waals surface area contributed by atoms with E-state index in [4.69, 9.17) is 5.73 Å². The summed E-state index contributed by atoms with van der Waals surface area (Å²) < 4.78 is 0. The van der Waals surface area contributed by atoms with E-state index in [-0.39, 0.29) is 11.5 Å². The van der Waals surface area contributed by atoms with Crippen LogP contribution in [0.5, 0.6) is 0 Å². The predicted molar refractivity (Wildman–Crippen MR) is 68.6 cm³/mol. The molecule has 1 aliphatic carbocycles. The molecule has 1 aliphatic rings. The van der Waals surface area contributed by atoms with Crippen molar-refractivity contribution < 1.29 is 0 Å². The van der Waals surface area contributed by atoms with Gasteiger partial charge in [-0.1, -0.05) is 6.07 Å². The molecule has 1 aromatic carbocycles. The fraction of sp³-hybridized carbons (Fsp3) is 0.462. The van der Waals surface area contributed by atoms with Gasteiger partial charge in [-0.25, -0.2) is 4.98 Å². The molecule has 0 saturated heterocycles. The van der Waals surface area contributed by atoms with Crippen molar-refractivity contribution in [3.8, 4) is 0 Å². The van der Waals surface area contributed by atoms with E-state index in [1.54, 1.807) is 6.33 Å². The fourth-order valence-corrected chi connectivity index (χ4v) is 2.61. The van der Waals surface area contributed by atoms with Crippen LogP contribution in [-0.2, 0) is 0 Å². The number of fused-ring (bicyclic) bond motifs is 1. The number of nitrogens with zero attached hydrogens (tertiary/aromatic N) is 1. The van der Waals surface area contributed by atoms with Crippen LogP contribution < -0.4 is 11.1 Å². The molecule has 0 aliphatic heterocycles. The highest BCUT2D eigenvalue weighted by molar-refractivity contribution is 5.75. The second kappa shape index (κ2) is 3.82. The Morgan fingerprint density at radius 1 is 1.53 bits per heavy atom. The van der Waals surface area contributed by atoms with Gasteiger partial charge in [-0.15, -0.1) is 0 Å². The molecule has 1 fully saturated rings. The standard InChI is InChI=1S/C13H18N4/c1-15-7-13(4-5-13)12(14)9-2-3-10-11(6-9)17-8-16-10/h2-3,6,8,12,15H,4-5,7,14H2,1H3,(H,16,17). The number of aromatic nitrogens is 2. The molecule has 1 saturated carbocycles. The molecule has 3 rings (SSSR count). The normalized spacial score (nSPS) is 19.4. The average Bonchev–Trinajstić information content (AvgIpc) is 2.97. The molecule has 0 bridgehead atoms. The van der Waals surface area contributed by atoms with Crippen molar-refractivity contribution in [1.29, 1.82) is 0 Å². The number of imidazole rings is 1. The fourth-order valence-electron chi connectivity index (χ4n) is 2.61. The minimum Gasteiger partial charge on any atom is -0.345 e. The first-order chi connectivity index (χ1) is 8.25. The van der Waals surface area contributed by atoms with E-state index in [9.17, 15) is 0 Å². The zero-order valence-electron chi connectivity index (χ0n) is 10.0. The van der Waals surface area contributed by atoms with Crippen LogP contribution in [0.2, 0.25) is 0 Å². The lowest BCUT2D eigenvalue weighted by Gasteiger charge is -2.23. The van der Waals surface area contributed by atoms with Gasteiger partial charge in [0.05, 0.1) is 17.4 Å². The maximum absolute atomic E-state index is 6.41. The zero-order valence-corrected chi connectivity index (χ0v) is 10.0. The minimum absolute atomic E-state index is 0.114. The molecular formula is C13H18N4. The van der Waals surface area contributed by atoms with E-state index < -0.39 is 0 Å². The summed E-state index contributed by atoms with van der Waals surface area (Å²) in [6.07, 6.45) is 4.16. The summed E-state index contributed by atoms with van der Waals surface area (Å²) in [5.74, 6) is 0. The molecule has 0 spiro atoms. The molecule has 1 unspecified atom stereocenters. The van der Waals surface area contributed by atoms with E-state index in [0.717, 1.165) is 17.6 Å². The summed E-state index contributed by atoms with van der Waals surface area (Å²) in [5, 5.41) is 3.25. The average molecular weight is 230 g/mol. The van der Waals surface area contributed by atoms with Gasteiger partial charge in [0.15, 0.2) is 0 Å². The maximum atomic E-state index is 6.41. The van der Waals surface area contributed by atoms with Crippen LogP contribution in [0.3, 0.4) is 0 Å². The number of nitrogens with one attached hydrogen (secondary N) is 2. The van der Waals surface area contributed by atoms with Crippen molar-refractivity contribution in [3.05, 3.63) is 30.1 Å². The van der Waals surface area contributed by atoms with E-state index in [2.05, 4.69) is 27.4 Å². The first-order valence-corrected chi connectivity index (χ1v) is 6.08. The molecule has 90 valence electrons. The van der Waals surface area contributed by atoms with Crippen LogP contribution in [0.25, 0.3) is 11.0 Å². The Kier molecular flexibility index (Phi) is 2.42. The Labute approximate surface area is 101 Å². The van der Waals surface area contributed by atoms with Crippen molar-refractivity contribution in [2.24, 2.45) is 11.1 Å². The highest BCUT2D eigenvalue weighted by Crippen LogP contribution is 2.53. The highest BCUT2D eigenvalue weighted by Gasteiger charge is 2.47. The van der Waals surface area contributed by atoms with Crippen molar-refractivity contribution >= 4 is 11.0 Å². The van der Waals surface area contributed by atoms with Gasteiger partial charge in [-0.05, 0) is 37.6 Å². The van der Waals surface area contributed by atoms with Crippen LogP contribution in [0.1, 0.15) is 24.4 Å². The third kappa shape index (κ3) is 1.73. The smallest absolute Gasteiger partial charge is 0.0931 e. The van der Waals surface area contributed by atoms with E-state index >= 15 is 0 Å². The Morgan fingerprint density at radius 3 is 3.06 bits per heavy atom.